The number of aryl methyl sites for hydroxylation is 1. The van der Waals surface area contributed by atoms with E-state index in [1.54, 1.807) is 7.11 Å². The van der Waals surface area contributed by atoms with Crippen LogP contribution in [-0.2, 0) is 31.3 Å². The summed E-state index contributed by atoms with van der Waals surface area (Å²) in [6.07, 6.45) is 0. The van der Waals surface area contributed by atoms with Crippen LogP contribution in [0.2, 0.25) is 0 Å². The minimum Gasteiger partial charge on any atom is 0 e. The van der Waals surface area contributed by atoms with Gasteiger partial charge >= 0.3 is 33.9 Å². The Morgan fingerprint density at radius 3 is 1.64 bits per heavy atom. The summed E-state index contributed by atoms with van der Waals surface area (Å²) in [6.45, 7) is 15.6. The van der Waals surface area contributed by atoms with E-state index in [1.807, 2.05) is 12.1 Å². The van der Waals surface area contributed by atoms with Crippen LogP contribution in [0.25, 0.3) is 11.1 Å². The number of benzene rings is 2. The zero-order valence-corrected chi connectivity index (χ0v) is 13.4. The van der Waals surface area contributed by atoms with Gasteiger partial charge in [0.25, 0.3) is 0 Å². The van der Waals surface area contributed by atoms with Gasteiger partial charge in [0.2, 0.25) is 0 Å². The van der Waals surface area contributed by atoms with E-state index in [9.17, 15) is 0 Å². The first-order valence-electron chi connectivity index (χ1n) is 5.62. The second kappa shape index (κ2) is 17.0. The Bertz CT molecular complexity index is 557. The van der Waals surface area contributed by atoms with E-state index in [0.717, 1.165) is 5.75 Å². The number of ether oxygens (including phenoxy) is 1. The molecule has 0 N–H and O–H groups in total. The molecule has 0 saturated carbocycles. The maximum atomic E-state index is 7.50. The van der Waals surface area contributed by atoms with Gasteiger partial charge in [-0.2, -0.15) is 0 Å². The van der Waals surface area contributed by atoms with Gasteiger partial charge in [-0.15, -0.1) is 0 Å². The van der Waals surface area contributed by atoms with Crippen molar-refractivity contribution < 1.29 is 36.1 Å². The fourth-order valence-electron chi connectivity index (χ4n) is 1.67. The minimum atomic E-state index is 0. The second-order valence-electron chi connectivity index (χ2n) is 3.54. The molecule has 2 rings (SSSR count). The fourth-order valence-corrected chi connectivity index (χ4v) is 1.67. The summed E-state index contributed by atoms with van der Waals surface area (Å²) in [6, 6.07) is 16.5. The zero-order chi connectivity index (χ0) is 16.7. The van der Waals surface area contributed by atoms with Crippen molar-refractivity contribution in [3.63, 3.8) is 0 Å². The van der Waals surface area contributed by atoms with Gasteiger partial charge in [-0.25, -0.2) is 0 Å². The third-order valence-corrected chi connectivity index (χ3v) is 2.55. The molecule has 0 aliphatic rings. The number of hydrogen-bond donors (Lipinski definition) is 0. The Balaban J connectivity index is -0.000000463. The maximum Gasteiger partial charge on any atom is 0 e. The first kappa shape index (κ1) is 25.0. The molecule has 2 aromatic carbocycles. The van der Waals surface area contributed by atoms with Gasteiger partial charge in [-0.1, -0.05) is 36.4 Å². The SMILES string of the molecule is COc1ccc(-c2ccccc2C)cc1.[C-]#[O+].[C-]#[O+].[C-]#[O+].[Cr]. The molecule has 0 radical (unpaired) electrons. The van der Waals surface area contributed by atoms with Crippen LogP contribution < -0.4 is 4.74 Å². The van der Waals surface area contributed by atoms with E-state index in [0.29, 0.717) is 0 Å². The summed E-state index contributed by atoms with van der Waals surface area (Å²) in [4.78, 5) is 0. The van der Waals surface area contributed by atoms with Crippen molar-refractivity contribution in [2.75, 3.05) is 7.11 Å². The Kier molecular flexibility index (Phi) is 19.4. The monoisotopic (exact) mass is 334 g/mol. The molecule has 5 heteroatoms. The van der Waals surface area contributed by atoms with Crippen molar-refractivity contribution in [3.05, 3.63) is 74.0 Å². The third kappa shape index (κ3) is 8.32. The van der Waals surface area contributed by atoms with Gasteiger partial charge in [-0.3, -0.25) is 0 Å². The topological polar surface area (TPSA) is 68.9 Å². The van der Waals surface area contributed by atoms with Crippen LogP contribution in [-0.4, -0.2) is 7.11 Å². The van der Waals surface area contributed by atoms with Crippen LogP contribution in [0.4, 0.5) is 0 Å². The van der Waals surface area contributed by atoms with Crippen molar-refractivity contribution in [3.8, 4) is 16.9 Å². The molecule has 0 spiro atoms. The Morgan fingerprint density at radius 2 is 1.23 bits per heavy atom. The minimum absolute atomic E-state index is 0. The summed E-state index contributed by atoms with van der Waals surface area (Å²) in [5.41, 5.74) is 3.80. The molecule has 22 heavy (non-hydrogen) atoms. The van der Waals surface area contributed by atoms with E-state index in [4.69, 9.17) is 18.7 Å². The molecular weight excluding hydrogens is 320 g/mol. The molecule has 0 bridgehead atoms. The summed E-state index contributed by atoms with van der Waals surface area (Å²) in [5.74, 6) is 0.896. The van der Waals surface area contributed by atoms with Gasteiger partial charge in [0.05, 0.1) is 7.11 Å². The van der Waals surface area contributed by atoms with Crippen LogP contribution in [0, 0.1) is 26.9 Å². The van der Waals surface area contributed by atoms with Gasteiger partial charge < -0.3 is 4.74 Å². The van der Waals surface area contributed by atoms with Crippen molar-refractivity contribution in [2.24, 2.45) is 0 Å². The summed E-state index contributed by atoms with van der Waals surface area (Å²) in [5, 5.41) is 0. The van der Waals surface area contributed by atoms with E-state index in [-0.39, 0.29) is 17.4 Å². The van der Waals surface area contributed by atoms with E-state index < -0.39 is 0 Å². The quantitative estimate of drug-likeness (QED) is 0.611. The van der Waals surface area contributed by atoms with Crippen molar-refractivity contribution in [1.82, 2.24) is 0 Å². The summed E-state index contributed by atoms with van der Waals surface area (Å²) < 4.78 is 27.6. The van der Waals surface area contributed by atoms with Crippen molar-refractivity contribution in [1.29, 1.82) is 0 Å². The molecule has 0 aromatic heterocycles. The average molecular weight is 334 g/mol. The van der Waals surface area contributed by atoms with E-state index in [1.165, 1.54) is 16.7 Å². The standard InChI is InChI=1S/C14H14O.3CO.Cr/c1-11-5-3-4-6-14(11)12-7-9-13(15-2)10-8-12;3*1-2;/h3-10H,1-2H3;;;;. The molecular formula is C17H14CrO4. The van der Waals surface area contributed by atoms with Gasteiger partial charge in [0, 0.05) is 17.4 Å². The molecule has 0 amide bonds. The summed E-state index contributed by atoms with van der Waals surface area (Å²) >= 11 is 0. The van der Waals surface area contributed by atoms with Gasteiger partial charge in [-0.05, 0) is 35.7 Å². The number of hydrogen-bond acceptors (Lipinski definition) is 1. The Morgan fingerprint density at radius 1 is 0.773 bits per heavy atom. The Labute approximate surface area is 141 Å². The summed E-state index contributed by atoms with van der Waals surface area (Å²) in [7, 11) is 1.68. The molecule has 0 saturated heterocycles. The number of methoxy groups -OCH3 is 1. The normalized spacial score (nSPS) is 7.09. The average Bonchev–Trinajstić information content (AvgIpc) is 2.61. The van der Waals surface area contributed by atoms with E-state index >= 15 is 0 Å². The fraction of sp³-hybridized carbons (Fsp3) is 0.118. The second-order valence-corrected chi connectivity index (χ2v) is 3.54. The molecule has 4 nitrogen and oxygen atoms in total. The molecule has 0 unspecified atom stereocenters. The largest absolute Gasteiger partial charge is 0 e. The van der Waals surface area contributed by atoms with Crippen LogP contribution in [0.1, 0.15) is 5.56 Å². The molecule has 0 atom stereocenters. The zero-order valence-electron chi connectivity index (χ0n) is 12.2. The first-order chi connectivity index (χ1) is 10.3. The van der Waals surface area contributed by atoms with Crippen molar-refractivity contribution in [2.45, 2.75) is 6.92 Å². The van der Waals surface area contributed by atoms with Gasteiger partial charge in [0.15, 0.2) is 0 Å². The van der Waals surface area contributed by atoms with Crippen LogP contribution in [0.3, 0.4) is 0 Å². The van der Waals surface area contributed by atoms with Crippen LogP contribution in [0.5, 0.6) is 5.75 Å². The molecule has 0 fully saturated rings. The molecule has 0 aliphatic heterocycles. The smallest absolute Gasteiger partial charge is 0 e. The molecule has 112 valence electrons. The van der Waals surface area contributed by atoms with Crippen LogP contribution >= 0.6 is 0 Å². The van der Waals surface area contributed by atoms with Gasteiger partial charge in [0.1, 0.15) is 5.75 Å². The molecule has 0 aliphatic carbocycles. The predicted molar refractivity (Wildman–Crippen MR) is 75.0 cm³/mol. The first-order valence-corrected chi connectivity index (χ1v) is 5.62. The third-order valence-electron chi connectivity index (χ3n) is 2.55. The maximum absolute atomic E-state index is 7.50. The predicted octanol–water partition coefficient (Wildman–Crippen LogP) is 3.56. The molecule has 2 aromatic rings. The number of rotatable bonds is 2. The van der Waals surface area contributed by atoms with Crippen LogP contribution in [0.15, 0.2) is 48.5 Å². The molecule has 0 heterocycles. The van der Waals surface area contributed by atoms with E-state index in [2.05, 4.69) is 63.3 Å². The Hall–Kier alpha value is -2.01. The van der Waals surface area contributed by atoms with Crippen molar-refractivity contribution >= 4 is 0 Å².